The van der Waals surface area contributed by atoms with Gasteiger partial charge in [0, 0.05) is 0 Å². The molecule has 0 radical (unpaired) electrons. The molecule has 1 aliphatic heterocycles. The van der Waals surface area contributed by atoms with Gasteiger partial charge in [-0.05, 0) is 0 Å². The molecule has 0 saturated heterocycles. The Balaban J connectivity index is 1.80. The van der Waals surface area contributed by atoms with E-state index in [1.54, 1.807) is 12.1 Å². The van der Waals surface area contributed by atoms with Crippen LogP contribution in [0.4, 0.5) is 10.1 Å². The number of halogens is 1. The van der Waals surface area contributed by atoms with Crippen molar-refractivity contribution in [2.24, 2.45) is 0 Å². The summed E-state index contributed by atoms with van der Waals surface area (Å²) in [5, 5.41) is 11.2. The quantitative estimate of drug-likeness (QED) is 0.615. The summed E-state index contributed by atoms with van der Waals surface area (Å²) in [6.07, 6.45) is 1.75. The normalized spacial score (nSPS) is 14.8. The van der Waals surface area contributed by atoms with Crippen molar-refractivity contribution in [2.45, 2.75) is 6.61 Å². The number of rotatable bonds is 5. The number of amides is 1. The van der Waals surface area contributed by atoms with Crippen LogP contribution in [-0.2, 0) is 20.9 Å². The number of carboxylic acids is 1. The molecule has 1 aromatic heterocycles. The van der Waals surface area contributed by atoms with Crippen molar-refractivity contribution in [3.8, 4) is 0 Å². The van der Waals surface area contributed by atoms with E-state index < -0.39 is 11.8 Å². The van der Waals surface area contributed by atoms with Crippen LogP contribution in [0.2, 0.25) is 0 Å². The predicted molar refractivity (Wildman–Crippen MR) is 83.6 cm³/mol. The Morgan fingerprint density at radius 3 is 2.96 bits per heavy atom. The summed E-state index contributed by atoms with van der Waals surface area (Å²) in [5.41, 5.74) is 1.60. The fourth-order valence-electron chi connectivity index (χ4n) is 2.23. The Labute approximate surface area is 137 Å². The van der Waals surface area contributed by atoms with Crippen molar-refractivity contribution in [1.82, 2.24) is 0 Å². The zero-order valence-electron chi connectivity index (χ0n) is 11.8. The van der Waals surface area contributed by atoms with E-state index in [1.807, 2.05) is 12.1 Å². The molecular weight excluding hydrogens is 368 g/mol. The van der Waals surface area contributed by atoms with Crippen molar-refractivity contribution in [2.75, 3.05) is 11.9 Å². The summed E-state index contributed by atoms with van der Waals surface area (Å²) >= 11 is -0.0398. The molecule has 0 fully saturated rings. The molecule has 1 amide bonds. The zero-order chi connectivity index (χ0) is 16.4. The van der Waals surface area contributed by atoms with Gasteiger partial charge >= 0.3 is 137 Å². The number of anilines is 1. The first-order valence-electron chi connectivity index (χ1n) is 6.74. The van der Waals surface area contributed by atoms with Crippen LogP contribution in [0.5, 0.6) is 0 Å². The van der Waals surface area contributed by atoms with Crippen molar-refractivity contribution in [1.29, 1.82) is 0 Å². The number of carboxylic acid groups (broad SMARTS) is 1. The van der Waals surface area contributed by atoms with Crippen LogP contribution in [-0.4, -0.2) is 38.1 Å². The number of carbonyl (C=O) groups excluding carboxylic acids is 1. The number of nitrogens with one attached hydrogen (secondary N) is 1. The number of hydrogen-bond acceptors (Lipinski definition) is 3. The van der Waals surface area contributed by atoms with Gasteiger partial charge in [-0.2, -0.15) is 0 Å². The number of fused-ring (bicyclic) bond motifs is 1. The molecule has 0 saturated carbocycles. The second kappa shape index (κ2) is 6.50. The van der Waals surface area contributed by atoms with Crippen LogP contribution >= 0.6 is 0 Å². The molecule has 1 aliphatic rings. The zero-order valence-corrected chi connectivity index (χ0v) is 13.5. The molecule has 2 heterocycles. The van der Waals surface area contributed by atoms with E-state index in [4.69, 9.17) is 9.84 Å². The first kappa shape index (κ1) is 15.7. The third-order valence-corrected chi connectivity index (χ3v) is 5.31. The van der Waals surface area contributed by atoms with Gasteiger partial charge in [-0.15, -0.1) is 0 Å². The molecule has 118 valence electrons. The van der Waals surface area contributed by atoms with Crippen LogP contribution in [0.1, 0.15) is 14.4 Å². The maximum atomic E-state index is 13.4. The summed E-state index contributed by atoms with van der Waals surface area (Å²) in [6.45, 7) is -0.0776. The molecule has 0 spiro atoms. The molecule has 2 N–H and O–H groups in total. The van der Waals surface area contributed by atoms with Crippen molar-refractivity contribution < 1.29 is 23.8 Å². The van der Waals surface area contributed by atoms with Gasteiger partial charge in [0.1, 0.15) is 0 Å². The molecule has 3 rings (SSSR count). The first-order chi connectivity index (χ1) is 11.0. The SMILES string of the molecule is O=C(O)COCc1ccc(C=C2C(=O)Nc3ccc(F)cc32)[se]1. The third kappa shape index (κ3) is 3.59. The van der Waals surface area contributed by atoms with Crippen molar-refractivity contribution in [3.05, 3.63) is 50.6 Å². The molecule has 23 heavy (non-hydrogen) atoms. The number of benzene rings is 1. The number of aliphatic carboxylic acids is 1. The average Bonchev–Trinajstić information content (AvgIpc) is 3.05. The van der Waals surface area contributed by atoms with Crippen LogP contribution in [0.25, 0.3) is 11.6 Å². The molecule has 0 bridgehead atoms. The van der Waals surface area contributed by atoms with Crippen LogP contribution in [0, 0.1) is 5.82 Å². The van der Waals surface area contributed by atoms with Gasteiger partial charge in [-0.25, -0.2) is 0 Å². The topological polar surface area (TPSA) is 75.6 Å². The molecular formula is C16H12FNO4Se. The molecule has 5 nitrogen and oxygen atoms in total. The fourth-order valence-corrected chi connectivity index (χ4v) is 4.11. The Bertz CT molecular complexity index is 812. The Morgan fingerprint density at radius 2 is 2.17 bits per heavy atom. The molecule has 2 aromatic rings. The average molecular weight is 380 g/mol. The fraction of sp³-hybridized carbons (Fsp3) is 0.125. The van der Waals surface area contributed by atoms with E-state index in [2.05, 4.69) is 5.32 Å². The molecule has 7 heteroatoms. The summed E-state index contributed by atoms with van der Waals surface area (Å²) in [4.78, 5) is 22.4. The summed E-state index contributed by atoms with van der Waals surface area (Å²) in [6, 6.07) is 7.93. The molecule has 0 atom stereocenters. The second-order valence-electron chi connectivity index (χ2n) is 4.89. The molecule has 1 aromatic carbocycles. The van der Waals surface area contributed by atoms with Crippen molar-refractivity contribution in [3.63, 3.8) is 0 Å². The monoisotopic (exact) mass is 381 g/mol. The van der Waals surface area contributed by atoms with Crippen LogP contribution in [0.3, 0.4) is 0 Å². The van der Waals surface area contributed by atoms with E-state index in [9.17, 15) is 14.0 Å². The van der Waals surface area contributed by atoms with Gasteiger partial charge in [0.05, 0.1) is 0 Å². The second-order valence-corrected chi connectivity index (χ2v) is 7.41. The van der Waals surface area contributed by atoms with Gasteiger partial charge in [0.15, 0.2) is 0 Å². The predicted octanol–water partition coefficient (Wildman–Crippen LogP) is 1.98. The van der Waals surface area contributed by atoms with Crippen LogP contribution in [0.15, 0.2) is 30.3 Å². The number of carbonyl (C=O) groups is 2. The van der Waals surface area contributed by atoms with Gasteiger partial charge < -0.3 is 0 Å². The summed E-state index contributed by atoms with van der Waals surface area (Å²) < 4.78 is 20.4. The van der Waals surface area contributed by atoms with E-state index in [1.165, 1.54) is 12.1 Å². The van der Waals surface area contributed by atoms with Gasteiger partial charge in [0.25, 0.3) is 0 Å². The van der Waals surface area contributed by atoms with Gasteiger partial charge in [0.2, 0.25) is 0 Å². The van der Waals surface area contributed by atoms with E-state index in [-0.39, 0.29) is 33.6 Å². The van der Waals surface area contributed by atoms with E-state index in [0.717, 1.165) is 8.87 Å². The number of hydrogen-bond donors (Lipinski definition) is 2. The standard InChI is InChI=1S/C16H12FNO4Se/c17-9-1-4-14-12(5-9)13(16(21)18-14)6-10-2-3-11(23-10)7-22-8-15(19)20/h1-6H,7-8H2,(H,18,21)(H,19,20). The van der Waals surface area contributed by atoms with Gasteiger partial charge in [-0.1, -0.05) is 0 Å². The van der Waals surface area contributed by atoms with Crippen molar-refractivity contribution >= 4 is 43.7 Å². The van der Waals surface area contributed by atoms with Gasteiger partial charge in [-0.3, -0.25) is 0 Å². The summed E-state index contributed by atoms with van der Waals surface area (Å²) in [7, 11) is 0. The number of ether oxygens (including phenoxy) is 1. The minimum atomic E-state index is -1.01. The first-order valence-corrected chi connectivity index (χ1v) is 8.45. The third-order valence-electron chi connectivity index (χ3n) is 3.20. The van der Waals surface area contributed by atoms with E-state index >= 15 is 0 Å². The molecule has 0 unspecified atom stereocenters. The maximum absolute atomic E-state index is 13.4. The molecule has 0 aliphatic carbocycles. The Hall–Kier alpha value is -2.21. The minimum absolute atomic E-state index is 0.0398. The Kier molecular flexibility index (Phi) is 4.43. The Morgan fingerprint density at radius 1 is 1.35 bits per heavy atom. The van der Waals surface area contributed by atoms with E-state index in [0.29, 0.717) is 16.8 Å². The summed E-state index contributed by atoms with van der Waals surface area (Å²) in [5.74, 6) is -1.65. The van der Waals surface area contributed by atoms with Crippen LogP contribution < -0.4 is 5.32 Å².